The van der Waals surface area contributed by atoms with Crippen LogP contribution in [0.3, 0.4) is 0 Å². The van der Waals surface area contributed by atoms with Crippen molar-refractivity contribution < 1.29 is 22.7 Å². The minimum Gasteiger partial charge on any atom is -0.452 e. The average Bonchev–Trinajstić information content (AvgIpc) is 3.06. The molecule has 0 aliphatic heterocycles. The third-order valence-corrected chi connectivity index (χ3v) is 5.76. The van der Waals surface area contributed by atoms with Crippen LogP contribution in [0, 0.1) is 0 Å². The van der Waals surface area contributed by atoms with Gasteiger partial charge in [0.2, 0.25) is 0 Å². The highest BCUT2D eigenvalue weighted by molar-refractivity contribution is 7.90. The van der Waals surface area contributed by atoms with E-state index < -0.39 is 28.3 Å². The number of sulfone groups is 1. The maximum Gasteiger partial charge on any atom is 0.340 e. The molecule has 25 heavy (non-hydrogen) atoms. The van der Waals surface area contributed by atoms with Crippen molar-refractivity contribution in [2.24, 2.45) is 0 Å². The number of benzene rings is 1. The number of carbonyl (C=O) groups excluding carboxylic acids is 2. The molecule has 1 aromatic carbocycles. The summed E-state index contributed by atoms with van der Waals surface area (Å²) < 4.78 is 28.1. The van der Waals surface area contributed by atoms with Crippen molar-refractivity contribution in [3.63, 3.8) is 0 Å². The zero-order chi connectivity index (χ0) is 18.6. The molecule has 1 aromatic heterocycles. The van der Waals surface area contributed by atoms with Crippen molar-refractivity contribution in [3.05, 3.63) is 51.2 Å². The van der Waals surface area contributed by atoms with Gasteiger partial charge in [-0.2, -0.15) is 0 Å². The highest BCUT2D eigenvalue weighted by Gasteiger charge is 2.18. The number of esters is 1. The molecule has 9 heteroatoms. The van der Waals surface area contributed by atoms with Gasteiger partial charge in [0, 0.05) is 11.1 Å². The smallest absolute Gasteiger partial charge is 0.340 e. The molecule has 2 rings (SSSR count). The molecule has 1 atom stereocenters. The lowest BCUT2D eigenvalue weighted by atomic mass is 10.2. The minimum atomic E-state index is -3.49. The fraction of sp³-hybridized carbons (Fsp3) is 0.250. The number of halogens is 1. The van der Waals surface area contributed by atoms with E-state index in [9.17, 15) is 18.0 Å². The van der Waals surface area contributed by atoms with Gasteiger partial charge in [0.05, 0.1) is 21.5 Å². The fourth-order valence-corrected chi connectivity index (χ4v) is 3.57. The summed E-state index contributed by atoms with van der Waals surface area (Å²) in [5, 5.41) is 4.65. The van der Waals surface area contributed by atoms with Crippen molar-refractivity contribution in [3.8, 4) is 0 Å². The van der Waals surface area contributed by atoms with Crippen LogP contribution in [0.2, 0.25) is 5.02 Å². The van der Waals surface area contributed by atoms with Crippen LogP contribution in [0.15, 0.2) is 40.6 Å². The van der Waals surface area contributed by atoms with Crippen molar-refractivity contribution in [2.75, 3.05) is 12.9 Å². The average molecular weight is 402 g/mol. The Morgan fingerprint density at radius 2 is 2.04 bits per heavy atom. The largest absolute Gasteiger partial charge is 0.452 e. The first-order valence-corrected chi connectivity index (χ1v) is 10.3. The summed E-state index contributed by atoms with van der Waals surface area (Å²) in [7, 11) is -3.49. The van der Waals surface area contributed by atoms with Crippen LogP contribution in [0.5, 0.6) is 0 Å². The van der Waals surface area contributed by atoms with Crippen LogP contribution in [0.25, 0.3) is 0 Å². The molecule has 1 N–H and O–H groups in total. The lowest BCUT2D eigenvalue weighted by molar-refractivity contribution is -0.124. The molecule has 0 saturated carbocycles. The van der Waals surface area contributed by atoms with E-state index in [1.807, 2.05) is 24.4 Å². The SMILES string of the molecule is C[C@@H](NC(=O)COC(=O)c1cc(S(C)(=O)=O)ccc1Cl)c1cccs1. The van der Waals surface area contributed by atoms with Gasteiger partial charge in [0.15, 0.2) is 16.4 Å². The van der Waals surface area contributed by atoms with Crippen LogP contribution in [0.1, 0.15) is 28.2 Å². The molecule has 0 radical (unpaired) electrons. The molecular formula is C16H16ClNO5S2. The standard InChI is InChI=1S/C16H16ClNO5S2/c1-10(14-4-3-7-24-14)18-15(19)9-23-16(20)12-8-11(25(2,21)22)5-6-13(12)17/h3-8,10H,9H2,1-2H3,(H,18,19)/t10-/m1/s1. The Morgan fingerprint density at radius 3 is 2.64 bits per heavy atom. The van der Waals surface area contributed by atoms with Gasteiger partial charge in [0.25, 0.3) is 5.91 Å². The molecule has 0 aliphatic carbocycles. The first-order chi connectivity index (χ1) is 11.7. The predicted octanol–water partition coefficient (Wildman–Crippen LogP) is 2.84. The number of hydrogen-bond acceptors (Lipinski definition) is 6. The van der Waals surface area contributed by atoms with Crippen LogP contribution in [-0.2, 0) is 19.4 Å². The van der Waals surface area contributed by atoms with Crippen LogP contribution < -0.4 is 5.32 Å². The molecule has 0 bridgehead atoms. The maximum atomic E-state index is 12.1. The highest BCUT2D eigenvalue weighted by atomic mass is 35.5. The summed E-state index contributed by atoms with van der Waals surface area (Å²) >= 11 is 7.42. The first-order valence-electron chi connectivity index (χ1n) is 7.18. The number of nitrogens with one attached hydrogen (secondary N) is 1. The Morgan fingerprint density at radius 1 is 1.32 bits per heavy atom. The summed E-state index contributed by atoms with van der Waals surface area (Å²) in [4.78, 5) is 24.9. The van der Waals surface area contributed by atoms with E-state index in [1.165, 1.54) is 23.5 Å². The monoisotopic (exact) mass is 401 g/mol. The summed E-state index contributed by atoms with van der Waals surface area (Å²) in [6.07, 6.45) is 1.02. The topological polar surface area (TPSA) is 89.5 Å². The van der Waals surface area contributed by atoms with Crippen molar-refractivity contribution in [1.29, 1.82) is 0 Å². The summed E-state index contributed by atoms with van der Waals surface area (Å²) in [6.45, 7) is 1.33. The minimum absolute atomic E-state index is 0.0461. The molecule has 0 fully saturated rings. The number of ether oxygens (including phenoxy) is 1. The lowest BCUT2D eigenvalue weighted by Crippen LogP contribution is -2.30. The zero-order valence-electron chi connectivity index (χ0n) is 13.5. The summed E-state index contributed by atoms with van der Waals surface area (Å²) in [5.74, 6) is -1.33. The van der Waals surface area contributed by atoms with E-state index in [4.69, 9.17) is 16.3 Å². The van der Waals surface area contributed by atoms with E-state index in [1.54, 1.807) is 0 Å². The number of thiophene rings is 1. The maximum absolute atomic E-state index is 12.1. The number of amides is 1. The molecular weight excluding hydrogens is 386 g/mol. The molecule has 2 aromatic rings. The molecule has 0 saturated heterocycles. The molecule has 0 spiro atoms. The van der Waals surface area contributed by atoms with E-state index >= 15 is 0 Å². The van der Waals surface area contributed by atoms with Crippen LogP contribution in [0.4, 0.5) is 0 Å². The molecule has 0 unspecified atom stereocenters. The van der Waals surface area contributed by atoms with Gasteiger partial charge in [-0.25, -0.2) is 13.2 Å². The number of carbonyl (C=O) groups is 2. The van der Waals surface area contributed by atoms with Crippen molar-refractivity contribution >= 4 is 44.7 Å². The zero-order valence-corrected chi connectivity index (χ0v) is 15.9. The van der Waals surface area contributed by atoms with E-state index in [2.05, 4.69) is 5.32 Å². The van der Waals surface area contributed by atoms with Gasteiger partial charge < -0.3 is 10.1 Å². The molecule has 6 nitrogen and oxygen atoms in total. The van der Waals surface area contributed by atoms with Crippen LogP contribution in [-0.4, -0.2) is 33.2 Å². The molecule has 1 amide bonds. The Labute approximate surface area is 154 Å². The Balaban J connectivity index is 1.99. The fourth-order valence-electron chi connectivity index (χ4n) is 1.99. The third kappa shape index (κ3) is 5.29. The number of hydrogen-bond donors (Lipinski definition) is 1. The quantitative estimate of drug-likeness (QED) is 0.751. The Hall–Kier alpha value is -1.90. The summed E-state index contributed by atoms with van der Waals surface area (Å²) in [6, 6.07) is 7.28. The second kappa shape index (κ2) is 7.99. The van der Waals surface area contributed by atoms with Gasteiger partial charge >= 0.3 is 5.97 Å². The van der Waals surface area contributed by atoms with Gasteiger partial charge in [0.1, 0.15) is 0 Å². The first kappa shape index (κ1) is 19.4. The van der Waals surface area contributed by atoms with Gasteiger partial charge in [-0.1, -0.05) is 17.7 Å². The Bertz CT molecular complexity index is 878. The molecule has 1 heterocycles. The van der Waals surface area contributed by atoms with E-state index in [0.29, 0.717) is 0 Å². The van der Waals surface area contributed by atoms with E-state index in [0.717, 1.165) is 17.2 Å². The molecule has 134 valence electrons. The normalized spacial score (nSPS) is 12.4. The Kier molecular flexibility index (Phi) is 6.21. The van der Waals surface area contributed by atoms with Crippen LogP contribution >= 0.6 is 22.9 Å². The van der Waals surface area contributed by atoms with Crippen molar-refractivity contribution in [2.45, 2.75) is 17.9 Å². The van der Waals surface area contributed by atoms with E-state index in [-0.39, 0.29) is 21.5 Å². The number of rotatable bonds is 6. The van der Waals surface area contributed by atoms with Gasteiger partial charge in [-0.3, -0.25) is 4.79 Å². The van der Waals surface area contributed by atoms with Gasteiger partial charge in [-0.15, -0.1) is 11.3 Å². The molecule has 0 aliphatic rings. The summed E-state index contributed by atoms with van der Waals surface area (Å²) in [5.41, 5.74) is -0.108. The van der Waals surface area contributed by atoms with Gasteiger partial charge in [-0.05, 0) is 36.6 Å². The lowest BCUT2D eigenvalue weighted by Gasteiger charge is -2.12. The highest BCUT2D eigenvalue weighted by Crippen LogP contribution is 2.21. The second-order valence-corrected chi connectivity index (χ2v) is 8.70. The van der Waals surface area contributed by atoms with Crippen molar-refractivity contribution in [1.82, 2.24) is 5.32 Å². The predicted molar refractivity (Wildman–Crippen MR) is 95.7 cm³/mol. The third-order valence-electron chi connectivity index (χ3n) is 3.27. The second-order valence-electron chi connectivity index (χ2n) is 5.29.